The molecule has 0 aliphatic heterocycles. The first kappa shape index (κ1) is 13.3. The predicted octanol–water partition coefficient (Wildman–Crippen LogP) is 1.89. The number of aromatic nitrogens is 1. The van der Waals surface area contributed by atoms with Crippen LogP contribution in [0.1, 0.15) is 19.8 Å². The summed E-state index contributed by atoms with van der Waals surface area (Å²) in [5.74, 6) is 0.904. The van der Waals surface area contributed by atoms with Gasteiger partial charge in [0.15, 0.2) is 0 Å². The molecule has 5 nitrogen and oxygen atoms in total. The van der Waals surface area contributed by atoms with Crippen molar-refractivity contribution in [1.82, 2.24) is 9.71 Å². The Morgan fingerprint density at radius 2 is 2.15 bits per heavy atom. The molecule has 2 aromatic rings. The van der Waals surface area contributed by atoms with Crippen LogP contribution in [0, 0.1) is 5.92 Å². The summed E-state index contributed by atoms with van der Waals surface area (Å²) in [5, 5.41) is 0.768. The quantitative estimate of drug-likeness (QED) is 0.901. The molecule has 1 aromatic carbocycles. The minimum absolute atomic E-state index is 0.0882. The fourth-order valence-electron chi connectivity index (χ4n) is 2.40. The van der Waals surface area contributed by atoms with Gasteiger partial charge in [-0.1, -0.05) is 13.3 Å². The molecule has 0 saturated heterocycles. The summed E-state index contributed by atoms with van der Waals surface area (Å²) in [6.45, 7) is 2.07. The van der Waals surface area contributed by atoms with Gasteiger partial charge in [0, 0.05) is 11.4 Å². The molecule has 1 aromatic heterocycles. The summed E-state index contributed by atoms with van der Waals surface area (Å²) in [7, 11) is -3.45. The third-order valence-corrected chi connectivity index (χ3v) is 5.23. The first-order valence-corrected chi connectivity index (χ1v) is 8.16. The van der Waals surface area contributed by atoms with E-state index in [9.17, 15) is 8.42 Å². The van der Waals surface area contributed by atoms with E-state index in [-0.39, 0.29) is 10.9 Å². The molecule has 2 atom stereocenters. The van der Waals surface area contributed by atoms with E-state index in [1.165, 1.54) is 0 Å². The fraction of sp³-hybridized carbons (Fsp3) is 0.357. The highest BCUT2D eigenvalue weighted by Gasteiger charge is 2.38. The number of benzene rings is 1. The third kappa shape index (κ3) is 2.48. The maximum Gasteiger partial charge on any atom is 0.240 e. The van der Waals surface area contributed by atoms with Crippen LogP contribution in [0.4, 0.5) is 5.82 Å². The van der Waals surface area contributed by atoms with Crippen LogP contribution in [0.2, 0.25) is 0 Å². The van der Waals surface area contributed by atoms with Crippen molar-refractivity contribution in [2.24, 2.45) is 5.92 Å². The lowest BCUT2D eigenvalue weighted by molar-refractivity contribution is 0.576. The first-order chi connectivity index (χ1) is 9.49. The molecule has 0 radical (unpaired) electrons. The van der Waals surface area contributed by atoms with Gasteiger partial charge in [-0.3, -0.25) is 0 Å². The zero-order chi connectivity index (χ0) is 14.3. The number of rotatable bonds is 4. The van der Waals surface area contributed by atoms with Crippen molar-refractivity contribution < 1.29 is 8.42 Å². The van der Waals surface area contributed by atoms with Crippen molar-refractivity contribution in [2.45, 2.75) is 30.7 Å². The third-order valence-electron chi connectivity index (χ3n) is 3.75. The van der Waals surface area contributed by atoms with E-state index < -0.39 is 10.0 Å². The zero-order valence-corrected chi connectivity index (χ0v) is 12.0. The lowest BCUT2D eigenvalue weighted by Crippen LogP contribution is -2.27. The number of hydrogen-bond acceptors (Lipinski definition) is 4. The molecule has 0 amide bonds. The Morgan fingerprint density at radius 1 is 1.35 bits per heavy atom. The molecule has 6 heteroatoms. The summed E-state index contributed by atoms with van der Waals surface area (Å²) in [6, 6.07) is 8.42. The second-order valence-corrected chi connectivity index (χ2v) is 6.94. The molecular weight excluding hydrogens is 274 g/mol. The van der Waals surface area contributed by atoms with E-state index in [2.05, 4.69) is 16.6 Å². The first-order valence-electron chi connectivity index (χ1n) is 6.68. The number of nitrogens with zero attached hydrogens (tertiary/aromatic N) is 1. The topological polar surface area (TPSA) is 85.1 Å². The maximum absolute atomic E-state index is 12.3. The van der Waals surface area contributed by atoms with Gasteiger partial charge in [0.05, 0.1) is 10.4 Å². The van der Waals surface area contributed by atoms with Crippen LogP contribution in [0.15, 0.2) is 35.2 Å². The van der Waals surface area contributed by atoms with Crippen molar-refractivity contribution in [1.29, 1.82) is 0 Å². The zero-order valence-electron chi connectivity index (χ0n) is 11.2. The van der Waals surface area contributed by atoms with E-state index in [1.807, 2.05) is 0 Å². The molecule has 3 rings (SSSR count). The summed E-state index contributed by atoms with van der Waals surface area (Å²) in [4.78, 5) is 4.44. The largest absolute Gasteiger partial charge is 0.384 e. The Morgan fingerprint density at radius 3 is 2.85 bits per heavy atom. The Bertz CT molecular complexity index is 758. The standard InChI is InChI=1S/C14H17N3O2S/c1-2-9-8-13(9)17-20(18,19)11-4-5-12-10(7-11)3-6-14(15)16-12/h3-7,9,13,17H,2,8H2,1H3,(H2,15,16). The SMILES string of the molecule is CCC1CC1NS(=O)(=O)c1ccc2nc(N)ccc2c1. The molecule has 1 aliphatic rings. The average molecular weight is 291 g/mol. The second-order valence-electron chi connectivity index (χ2n) is 5.22. The lowest BCUT2D eigenvalue weighted by Gasteiger charge is -2.07. The van der Waals surface area contributed by atoms with Crippen LogP contribution in [0.5, 0.6) is 0 Å². The van der Waals surface area contributed by atoms with E-state index in [4.69, 9.17) is 5.73 Å². The number of anilines is 1. The van der Waals surface area contributed by atoms with Crippen LogP contribution in [0.3, 0.4) is 0 Å². The fourth-order valence-corrected chi connectivity index (χ4v) is 3.75. The molecule has 0 bridgehead atoms. The van der Waals surface area contributed by atoms with Crippen LogP contribution in [0.25, 0.3) is 10.9 Å². The lowest BCUT2D eigenvalue weighted by atomic mass is 10.2. The molecule has 0 spiro atoms. The Balaban J connectivity index is 1.91. The maximum atomic E-state index is 12.3. The van der Waals surface area contributed by atoms with Crippen molar-refractivity contribution in [2.75, 3.05) is 5.73 Å². The number of fused-ring (bicyclic) bond motifs is 1. The van der Waals surface area contributed by atoms with E-state index in [1.54, 1.807) is 30.3 Å². The van der Waals surface area contributed by atoms with Crippen molar-refractivity contribution in [3.63, 3.8) is 0 Å². The van der Waals surface area contributed by atoms with Crippen molar-refractivity contribution in [3.8, 4) is 0 Å². The monoisotopic (exact) mass is 291 g/mol. The molecule has 1 heterocycles. The molecule has 20 heavy (non-hydrogen) atoms. The highest BCUT2D eigenvalue weighted by Crippen LogP contribution is 2.34. The van der Waals surface area contributed by atoms with Gasteiger partial charge in [-0.2, -0.15) is 0 Å². The van der Waals surface area contributed by atoms with Gasteiger partial charge in [-0.05, 0) is 42.7 Å². The van der Waals surface area contributed by atoms with Crippen LogP contribution < -0.4 is 10.5 Å². The molecule has 2 unspecified atom stereocenters. The van der Waals surface area contributed by atoms with Gasteiger partial charge in [-0.15, -0.1) is 0 Å². The summed E-state index contributed by atoms with van der Waals surface area (Å²) >= 11 is 0. The minimum Gasteiger partial charge on any atom is -0.384 e. The van der Waals surface area contributed by atoms with Gasteiger partial charge in [0.1, 0.15) is 5.82 Å². The Labute approximate surface area is 118 Å². The van der Waals surface area contributed by atoms with Gasteiger partial charge >= 0.3 is 0 Å². The second kappa shape index (κ2) is 4.71. The number of pyridine rings is 1. The molecule has 3 N–H and O–H groups in total. The molecule has 106 valence electrons. The molecule has 1 aliphatic carbocycles. The summed E-state index contributed by atoms with van der Waals surface area (Å²) < 4.78 is 27.3. The van der Waals surface area contributed by atoms with Gasteiger partial charge in [-0.25, -0.2) is 18.1 Å². The van der Waals surface area contributed by atoms with E-state index in [0.29, 0.717) is 17.3 Å². The Hall–Kier alpha value is -1.66. The highest BCUT2D eigenvalue weighted by molar-refractivity contribution is 7.89. The van der Waals surface area contributed by atoms with Gasteiger partial charge in [0.25, 0.3) is 0 Å². The number of hydrogen-bond donors (Lipinski definition) is 2. The smallest absolute Gasteiger partial charge is 0.240 e. The summed E-state index contributed by atoms with van der Waals surface area (Å²) in [5.41, 5.74) is 6.31. The van der Waals surface area contributed by atoms with Crippen molar-refractivity contribution >= 4 is 26.7 Å². The Kier molecular flexibility index (Phi) is 3.14. The number of nitrogens with two attached hydrogens (primary N) is 1. The highest BCUT2D eigenvalue weighted by atomic mass is 32.2. The van der Waals surface area contributed by atoms with E-state index in [0.717, 1.165) is 18.2 Å². The van der Waals surface area contributed by atoms with Gasteiger partial charge in [0.2, 0.25) is 10.0 Å². The van der Waals surface area contributed by atoms with Crippen LogP contribution in [-0.4, -0.2) is 19.4 Å². The van der Waals surface area contributed by atoms with Crippen LogP contribution in [-0.2, 0) is 10.0 Å². The molecule has 1 saturated carbocycles. The number of sulfonamides is 1. The van der Waals surface area contributed by atoms with Crippen molar-refractivity contribution in [3.05, 3.63) is 30.3 Å². The average Bonchev–Trinajstić information content (AvgIpc) is 3.15. The van der Waals surface area contributed by atoms with E-state index >= 15 is 0 Å². The van der Waals surface area contributed by atoms with Gasteiger partial charge < -0.3 is 5.73 Å². The minimum atomic E-state index is -3.45. The van der Waals surface area contributed by atoms with Crippen LogP contribution >= 0.6 is 0 Å². The summed E-state index contributed by atoms with van der Waals surface area (Å²) in [6.07, 6.45) is 1.94. The number of nitrogens with one attached hydrogen (secondary N) is 1. The molecule has 1 fully saturated rings. The normalized spacial score (nSPS) is 22.1. The molecular formula is C14H17N3O2S. The number of nitrogen functional groups attached to an aromatic ring is 1. The predicted molar refractivity (Wildman–Crippen MR) is 78.7 cm³/mol.